The van der Waals surface area contributed by atoms with Crippen molar-refractivity contribution in [3.05, 3.63) is 42.6 Å². The molecule has 7 rings (SSSR count). The molecule has 46 heavy (non-hydrogen) atoms. The van der Waals surface area contributed by atoms with Crippen LogP contribution in [0, 0.1) is 0 Å². The Morgan fingerprint density at radius 2 is 1.43 bits per heavy atom. The second-order valence-corrected chi connectivity index (χ2v) is 12.6. The lowest BCUT2D eigenvalue weighted by Gasteiger charge is -2.33. The lowest BCUT2D eigenvalue weighted by atomic mass is 10.2. The SMILES string of the molecule is CN1CCN(c2ccc(NC(=O)Nc3ccc(-c4nc(N5CC6CCC(C5)O6)nc(N5C(CO)CCC5CO)n4)cc3)cn2)CC1. The Labute approximate surface area is 268 Å². The highest BCUT2D eigenvalue weighted by molar-refractivity contribution is 5.99. The monoisotopic (exact) mass is 630 g/mol. The van der Waals surface area contributed by atoms with Gasteiger partial charge in [0.05, 0.1) is 49.4 Å². The number of hydrogen-bond acceptors (Lipinski definition) is 12. The molecule has 1 aromatic carbocycles. The van der Waals surface area contributed by atoms with E-state index >= 15 is 0 Å². The summed E-state index contributed by atoms with van der Waals surface area (Å²) >= 11 is 0. The van der Waals surface area contributed by atoms with Crippen LogP contribution in [0.25, 0.3) is 11.4 Å². The van der Waals surface area contributed by atoms with Gasteiger partial charge in [0, 0.05) is 50.5 Å². The largest absolute Gasteiger partial charge is 0.394 e. The molecule has 4 fully saturated rings. The summed E-state index contributed by atoms with van der Waals surface area (Å²) in [6.07, 6.45) is 5.54. The highest BCUT2D eigenvalue weighted by Crippen LogP contribution is 2.33. The van der Waals surface area contributed by atoms with Crippen LogP contribution in [0.2, 0.25) is 0 Å². The molecule has 2 amide bonds. The van der Waals surface area contributed by atoms with E-state index in [2.05, 4.69) is 37.4 Å². The fourth-order valence-electron chi connectivity index (χ4n) is 6.84. The maximum Gasteiger partial charge on any atom is 0.323 e. The maximum atomic E-state index is 12.8. The zero-order chi connectivity index (χ0) is 31.6. The minimum Gasteiger partial charge on any atom is -0.394 e. The van der Waals surface area contributed by atoms with Gasteiger partial charge in [-0.3, -0.25) is 0 Å². The van der Waals surface area contributed by atoms with Crippen molar-refractivity contribution >= 4 is 35.1 Å². The van der Waals surface area contributed by atoms with Gasteiger partial charge in [0.2, 0.25) is 11.9 Å². The number of benzene rings is 1. The van der Waals surface area contributed by atoms with Gasteiger partial charge in [-0.05, 0) is 69.1 Å². The van der Waals surface area contributed by atoms with Crippen LogP contribution in [0.4, 0.5) is 33.9 Å². The topological polar surface area (TPSA) is 155 Å². The molecule has 14 heteroatoms. The number of anilines is 5. The average molecular weight is 631 g/mol. The average Bonchev–Trinajstić information content (AvgIpc) is 3.67. The van der Waals surface area contributed by atoms with Crippen molar-refractivity contribution in [3.8, 4) is 11.4 Å². The zero-order valence-corrected chi connectivity index (χ0v) is 26.1. The first-order valence-corrected chi connectivity index (χ1v) is 16.2. The molecule has 4 saturated heterocycles. The minimum atomic E-state index is -0.368. The summed E-state index contributed by atoms with van der Waals surface area (Å²) in [4.78, 5) is 40.5. The van der Waals surface area contributed by atoms with Gasteiger partial charge in [0.1, 0.15) is 5.82 Å². The highest BCUT2D eigenvalue weighted by Gasteiger charge is 2.38. The number of likely N-dealkylation sites (N-methyl/N-ethyl adjacent to an activating group) is 1. The normalized spacial score (nSPS) is 24.8. The van der Waals surface area contributed by atoms with Crippen LogP contribution in [0.1, 0.15) is 25.7 Å². The molecule has 0 saturated carbocycles. The van der Waals surface area contributed by atoms with E-state index in [4.69, 9.17) is 19.7 Å². The van der Waals surface area contributed by atoms with Crippen molar-refractivity contribution in [1.29, 1.82) is 0 Å². The van der Waals surface area contributed by atoms with Gasteiger partial charge >= 0.3 is 6.03 Å². The molecule has 2 bridgehead atoms. The van der Waals surface area contributed by atoms with E-state index in [9.17, 15) is 15.0 Å². The first kappa shape index (κ1) is 30.5. The smallest absolute Gasteiger partial charge is 0.323 e. The first-order chi connectivity index (χ1) is 22.4. The summed E-state index contributed by atoms with van der Waals surface area (Å²) in [7, 11) is 2.12. The first-order valence-electron chi connectivity index (χ1n) is 16.2. The molecule has 4 aliphatic rings. The van der Waals surface area contributed by atoms with Crippen LogP contribution in [0.15, 0.2) is 42.6 Å². The Morgan fingerprint density at radius 3 is 2.07 bits per heavy atom. The molecule has 0 spiro atoms. The quantitative estimate of drug-likeness (QED) is 0.288. The Balaban J connectivity index is 1.06. The standard InChI is InChI=1S/C32H42N10O4/c1-39-12-14-40(15-13-39)28-11-6-23(16-33-28)35-32(45)34-22-4-2-21(3-5-22)29-36-30(41-17-26-9-10-27(18-41)46-26)38-31(37-29)42-24(19-43)7-8-25(42)20-44/h2-6,11,16,24-27,43-44H,7-10,12-15,17-20H2,1H3,(H2,34,35,45). The third kappa shape index (κ3) is 6.56. The molecule has 14 nitrogen and oxygen atoms in total. The molecule has 3 aromatic rings. The molecular weight excluding hydrogens is 588 g/mol. The third-order valence-corrected chi connectivity index (χ3v) is 9.44. The van der Waals surface area contributed by atoms with Crippen molar-refractivity contribution in [3.63, 3.8) is 0 Å². The number of pyridine rings is 1. The molecule has 4 unspecified atom stereocenters. The number of aliphatic hydroxyl groups excluding tert-OH is 2. The number of amides is 2. The Hall–Kier alpha value is -4.11. The molecule has 4 N–H and O–H groups in total. The predicted molar refractivity (Wildman–Crippen MR) is 175 cm³/mol. The number of nitrogens with one attached hydrogen (secondary N) is 2. The van der Waals surface area contributed by atoms with Crippen LogP contribution in [-0.2, 0) is 4.74 Å². The number of nitrogens with zero attached hydrogens (tertiary/aromatic N) is 8. The molecule has 4 atom stereocenters. The number of carbonyl (C=O) groups excluding carboxylic acids is 1. The van der Waals surface area contributed by atoms with E-state index in [1.807, 2.05) is 41.3 Å². The van der Waals surface area contributed by atoms with E-state index in [0.717, 1.165) is 63.2 Å². The van der Waals surface area contributed by atoms with Crippen molar-refractivity contribution in [1.82, 2.24) is 24.8 Å². The predicted octanol–water partition coefficient (Wildman–Crippen LogP) is 2.02. The molecule has 6 heterocycles. The van der Waals surface area contributed by atoms with Crippen molar-refractivity contribution in [2.75, 3.05) is 84.9 Å². The Bertz CT molecular complexity index is 1480. The highest BCUT2D eigenvalue weighted by atomic mass is 16.5. The lowest BCUT2D eigenvalue weighted by Crippen LogP contribution is -2.45. The Kier molecular flexibility index (Phi) is 8.84. The third-order valence-electron chi connectivity index (χ3n) is 9.44. The van der Waals surface area contributed by atoms with Gasteiger partial charge in [0.15, 0.2) is 5.82 Å². The second-order valence-electron chi connectivity index (χ2n) is 12.6. The molecule has 2 aromatic heterocycles. The van der Waals surface area contributed by atoms with Gasteiger partial charge in [0.25, 0.3) is 0 Å². The molecular formula is C32H42N10O4. The van der Waals surface area contributed by atoms with Gasteiger partial charge < -0.3 is 45.2 Å². The zero-order valence-electron chi connectivity index (χ0n) is 26.1. The number of rotatable bonds is 8. The van der Waals surface area contributed by atoms with E-state index < -0.39 is 0 Å². The number of aromatic nitrogens is 4. The fourth-order valence-corrected chi connectivity index (χ4v) is 6.84. The molecule has 0 radical (unpaired) electrons. The second kappa shape index (κ2) is 13.3. The van der Waals surface area contributed by atoms with Gasteiger partial charge in [-0.15, -0.1) is 0 Å². The number of piperazine rings is 1. The van der Waals surface area contributed by atoms with Crippen LogP contribution in [0.3, 0.4) is 0 Å². The van der Waals surface area contributed by atoms with Gasteiger partial charge in [-0.1, -0.05) is 0 Å². The number of aliphatic hydroxyl groups is 2. The van der Waals surface area contributed by atoms with E-state index in [1.54, 1.807) is 6.20 Å². The molecule has 244 valence electrons. The van der Waals surface area contributed by atoms with Crippen molar-refractivity contribution in [2.24, 2.45) is 0 Å². The van der Waals surface area contributed by atoms with Gasteiger partial charge in [-0.2, -0.15) is 15.0 Å². The summed E-state index contributed by atoms with van der Waals surface area (Å²) in [5.41, 5.74) is 1.98. The van der Waals surface area contributed by atoms with E-state index in [1.165, 1.54) is 0 Å². The number of hydrogen-bond donors (Lipinski definition) is 4. The lowest BCUT2D eigenvalue weighted by molar-refractivity contribution is 0.0299. The Morgan fingerprint density at radius 1 is 0.804 bits per heavy atom. The maximum absolute atomic E-state index is 12.8. The number of fused-ring (bicyclic) bond motifs is 2. The summed E-state index contributed by atoms with van der Waals surface area (Å²) in [6.45, 7) is 5.18. The number of morpholine rings is 1. The van der Waals surface area contributed by atoms with Crippen LogP contribution in [-0.4, -0.2) is 125 Å². The van der Waals surface area contributed by atoms with Crippen molar-refractivity contribution in [2.45, 2.75) is 50.0 Å². The molecule has 4 aliphatic heterocycles. The van der Waals surface area contributed by atoms with E-state index in [-0.39, 0.29) is 43.5 Å². The summed E-state index contributed by atoms with van der Waals surface area (Å²) in [5, 5.41) is 25.9. The number of carbonyl (C=O) groups is 1. The van der Waals surface area contributed by atoms with Crippen LogP contribution in [0.5, 0.6) is 0 Å². The summed E-state index contributed by atoms with van der Waals surface area (Å²) in [6, 6.07) is 10.4. The number of urea groups is 1. The summed E-state index contributed by atoms with van der Waals surface area (Å²) < 4.78 is 6.04. The van der Waals surface area contributed by atoms with Crippen LogP contribution >= 0.6 is 0 Å². The molecule has 0 aliphatic carbocycles. The van der Waals surface area contributed by atoms with Crippen molar-refractivity contribution < 1.29 is 19.7 Å². The van der Waals surface area contributed by atoms with E-state index in [0.29, 0.717) is 42.2 Å². The van der Waals surface area contributed by atoms with Gasteiger partial charge in [-0.25, -0.2) is 9.78 Å². The van der Waals surface area contributed by atoms with Crippen LogP contribution < -0.4 is 25.3 Å². The summed E-state index contributed by atoms with van der Waals surface area (Å²) in [5.74, 6) is 2.41. The fraction of sp³-hybridized carbons (Fsp3) is 0.531. The number of ether oxygens (including phenoxy) is 1. The minimum absolute atomic E-state index is 0.0482.